The van der Waals surface area contributed by atoms with E-state index in [4.69, 9.17) is 4.74 Å². The molecule has 1 N–H and O–H groups in total. The molecule has 2 nitrogen and oxygen atoms in total. The Morgan fingerprint density at radius 2 is 1.95 bits per heavy atom. The van der Waals surface area contributed by atoms with Crippen LogP contribution in [0.25, 0.3) is 0 Å². The van der Waals surface area contributed by atoms with Gasteiger partial charge in [0.1, 0.15) is 12.4 Å². The van der Waals surface area contributed by atoms with Gasteiger partial charge in [0, 0.05) is 16.7 Å². The SMILES string of the molecule is Fc1cccc(NCCOc2ccc(Br)cc2F)c1. The van der Waals surface area contributed by atoms with Gasteiger partial charge >= 0.3 is 0 Å². The van der Waals surface area contributed by atoms with Gasteiger partial charge < -0.3 is 10.1 Å². The Kier molecular flexibility index (Phi) is 4.74. The molecule has 5 heteroatoms. The van der Waals surface area contributed by atoms with Crippen molar-refractivity contribution in [3.05, 3.63) is 58.6 Å². The minimum atomic E-state index is -0.417. The van der Waals surface area contributed by atoms with Crippen LogP contribution in [0.2, 0.25) is 0 Å². The maximum atomic E-state index is 13.4. The molecule has 100 valence electrons. The van der Waals surface area contributed by atoms with E-state index in [9.17, 15) is 8.78 Å². The summed E-state index contributed by atoms with van der Waals surface area (Å²) >= 11 is 3.17. The van der Waals surface area contributed by atoms with Crippen molar-refractivity contribution in [3.8, 4) is 5.75 Å². The average molecular weight is 328 g/mol. The third kappa shape index (κ3) is 4.21. The van der Waals surface area contributed by atoms with Crippen LogP contribution in [0.1, 0.15) is 0 Å². The number of anilines is 1. The molecule has 0 aliphatic rings. The Morgan fingerprint density at radius 3 is 2.68 bits per heavy atom. The highest BCUT2D eigenvalue weighted by atomic mass is 79.9. The Labute approximate surface area is 118 Å². The van der Waals surface area contributed by atoms with E-state index in [1.807, 2.05) is 0 Å². The highest BCUT2D eigenvalue weighted by Crippen LogP contribution is 2.21. The minimum Gasteiger partial charge on any atom is -0.489 e. The fraction of sp³-hybridized carbons (Fsp3) is 0.143. The molecule has 0 aromatic heterocycles. The summed E-state index contributed by atoms with van der Waals surface area (Å²) in [5.74, 6) is -0.519. The first-order chi connectivity index (χ1) is 9.15. The summed E-state index contributed by atoms with van der Waals surface area (Å²) in [6, 6.07) is 10.7. The Balaban J connectivity index is 1.81. The van der Waals surface area contributed by atoms with Gasteiger partial charge in [0.15, 0.2) is 11.6 Å². The molecule has 0 unspecified atom stereocenters. The molecule has 0 aliphatic heterocycles. The number of halogens is 3. The van der Waals surface area contributed by atoms with Crippen molar-refractivity contribution in [1.29, 1.82) is 0 Å². The molecular formula is C14H12BrF2NO. The molecule has 0 aliphatic carbocycles. The molecule has 2 rings (SSSR count). The van der Waals surface area contributed by atoms with Crippen LogP contribution in [-0.2, 0) is 0 Å². The number of ether oxygens (including phenoxy) is 1. The van der Waals surface area contributed by atoms with Gasteiger partial charge in [0.25, 0.3) is 0 Å². The van der Waals surface area contributed by atoms with E-state index in [-0.39, 0.29) is 18.2 Å². The lowest BCUT2D eigenvalue weighted by Crippen LogP contribution is -2.12. The molecule has 0 fully saturated rings. The molecule has 0 spiro atoms. The molecule has 0 radical (unpaired) electrons. The summed E-state index contributed by atoms with van der Waals surface area (Å²) in [6.07, 6.45) is 0. The fourth-order valence-electron chi connectivity index (χ4n) is 1.55. The van der Waals surface area contributed by atoms with E-state index in [0.29, 0.717) is 16.7 Å². The molecule has 2 aromatic carbocycles. The van der Waals surface area contributed by atoms with Gasteiger partial charge in [0.2, 0.25) is 0 Å². The van der Waals surface area contributed by atoms with Crippen LogP contribution < -0.4 is 10.1 Å². The van der Waals surface area contributed by atoms with Crippen LogP contribution in [0.15, 0.2) is 46.9 Å². The predicted octanol–water partition coefficient (Wildman–Crippen LogP) is 4.22. The second kappa shape index (κ2) is 6.52. The summed E-state index contributed by atoms with van der Waals surface area (Å²) in [4.78, 5) is 0. The topological polar surface area (TPSA) is 21.3 Å². The summed E-state index contributed by atoms with van der Waals surface area (Å²) in [5, 5.41) is 2.99. The lowest BCUT2D eigenvalue weighted by Gasteiger charge is -2.09. The third-order valence-corrected chi connectivity index (χ3v) is 2.90. The molecule has 0 heterocycles. The zero-order chi connectivity index (χ0) is 13.7. The summed E-state index contributed by atoms with van der Waals surface area (Å²) in [6.45, 7) is 0.744. The van der Waals surface area contributed by atoms with Crippen LogP contribution in [-0.4, -0.2) is 13.2 Å². The maximum absolute atomic E-state index is 13.4. The highest BCUT2D eigenvalue weighted by molar-refractivity contribution is 9.10. The molecule has 0 saturated carbocycles. The highest BCUT2D eigenvalue weighted by Gasteiger charge is 2.03. The summed E-state index contributed by atoms with van der Waals surface area (Å²) in [7, 11) is 0. The first-order valence-corrected chi connectivity index (χ1v) is 6.52. The lowest BCUT2D eigenvalue weighted by atomic mass is 10.3. The Hall–Kier alpha value is -1.62. The van der Waals surface area contributed by atoms with Crippen molar-refractivity contribution in [1.82, 2.24) is 0 Å². The molecule has 19 heavy (non-hydrogen) atoms. The fourth-order valence-corrected chi connectivity index (χ4v) is 1.88. The molecule has 0 saturated heterocycles. The number of hydrogen-bond donors (Lipinski definition) is 1. The first-order valence-electron chi connectivity index (χ1n) is 5.72. The average Bonchev–Trinajstić information content (AvgIpc) is 2.37. The first kappa shape index (κ1) is 13.8. The second-order valence-electron chi connectivity index (χ2n) is 3.86. The van der Waals surface area contributed by atoms with Crippen molar-refractivity contribution >= 4 is 21.6 Å². The Morgan fingerprint density at radius 1 is 1.11 bits per heavy atom. The van der Waals surface area contributed by atoms with E-state index >= 15 is 0 Å². The van der Waals surface area contributed by atoms with Crippen LogP contribution in [0.3, 0.4) is 0 Å². The monoisotopic (exact) mass is 327 g/mol. The molecule has 2 aromatic rings. The normalized spacial score (nSPS) is 10.3. The number of rotatable bonds is 5. The molecule has 0 amide bonds. The van der Waals surface area contributed by atoms with Crippen molar-refractivity contribution in [3.63, 3.8) is 0 Å². The van der Waals surface area contributed by atoms with Gasteiger partial charge in [-0.1, -0.05) is 22.0 Å². The van der Waals surface area contributed by atoms with E-state index in [2.05, 4.69) is 21.2 Å². The van der Waals surface area contributed by atoms with Gasteiger partial charge in [0.05, 0.1) is 0 Å². The number of benzene rings is 2. The summed E-state index contributed by atoms with van der Waals surface area (Å²) < 4.78 is 32.3. The molecule has 0 atom stereocenters. The number of nitrogens with one attached hydrogen (secondary N) is 1. The minimum absolute atomic E-state index is 0.198. The Bertz CT molecular complexity index is 563. The smallest absolute Gasteiger partial charge is 0.166 e. The second-order valence-corrected chi connectivity index (χ2v) is 4.78. The van der Waals surface area contributed by atoms with E-state index in [0.717, 1.165) is 0 Å². The van der Waals surface area contributed by atoms with E-state index in [1.165, 1.54) is 18.2 Å². The third-order valence-electron chi connectivity index (χ3n) is 2.41. The van der Waals surface area contributed by atoms with Gasteiger partial charge in [-0.15, -0.1) is 0 Å². The van der Waals surface area contributed by atoms with Gasteiger partial charge in [-0.2, -0.15) is 0 Å². The van der Waals surface area contributed by atoms with Crippen LogP contribution in [0.5, 0.6) is 5.75 Å². The molecule has 0 bridgehead atoms. The van der Waals surface area contributed by atoms with Crippen LogP contribution in [0, 0.1) is 11.6 Å². The van der Waals surface area contributed by atoms with E-state index in [1.54, 1.807) is 24.3 Å². The largest absolute Gasteiger partial charge is 0.489 e. The van der Waals surface area contributed by atoms with Gasteiger partial charge in [-0.3, -0.25) is 0 Å². The standard InChI is InChI=1S/C14H12BrF2NO/c15-10-4-5-14(13(17)8-10)19-7-6-18-12-3-1-2-11(16)9-12/h1-5,8-9,18H,6-7H2. The van der Waals surface area contributed by atoms with Crippen LogP contribution in [0.4, 0.5) is 14.5 Å². The summed E-state index contributed by atoms with van der Waals surface area (Å²) in [5.41, 5.74) is 0.667. The zero-order valence-electron chi connectivity index (χ0n) is 10.00. The zero-order valence-corrected chi connectivity index (χ0v) is 11.6. The van der Waals surface area contributed by atoms with Crippen molar-refractivity contribution in [2.24, 2.45) is 0 Å². The van der Waals surface area contributed by atoms with Crippen molar-refractivity contribution in [2.45, 2.75) is 0 Å². The quantitative estimate of drug-likeness (QED) is 0.830. The van der Waals surface area contributed by atoms with E-state index < -0.39 is 5.82 Å². The lowest BCUT2D eigenvalue weighted by molar-refractivity contribution is 0.315. The van der Waals surface area contributed by atoms with Gasteiger partial charge in [-0.25, -0.2) is 8.78 Å². The molecular weight excluding hydrogens is 316 g/mol. The van der Waals surface area contributed by atoms with Crippen molar-refractivity contribution in [2.75, 3.05) is 18.5 Å². The number of hydrogen-bond acceptors (Lipinski definition) is 2. The maximum Gasteiger partial charge on any atom is 0.166 e. The van der Waals surface area contributed by atoms with Gasteiger partial charge in [-0.05, 0) is 36.4 Å². The van der Waals surface area contributed by atoms with Crippen LogP contribution >= 0.6 is 15.9 Å². The predicted molar refractivity (Wildman–Crippen MR) is 74.5 cm³/mol. The van der Waals surface area contributed by atoms with Crippen molar-refractivity contribution < 1.29 is 13.5 Å².